The third-order valence-corrected chi connectivity index (χ3v) is 6.47. The second-order valence-electron chi connectivity index (χ2n) is 7.00. The van der Waals surface area contributed by atoms with Crippen molar-refractivity contribution >= 4 is 25.4 Å². The molecular weight excluding hydrogens is 417 g/mol. The molecule has 0 amide bonds. The van der Waals surface area contributed by atoms with Crippen molar-refractivity contribution in [1.29, 1.82) is 0 Å². The van der Waals surface area contributed by atoms with Crippen molar-refractivity contribution in [3.8, 4) is 0 Å². The van der Waals surface area contributed by atoms with Crippen LogP contribution in [0.2, 0.25) is 0 Å². The number of esters is 2. The molecule has 10 nitrogen and oxygen atoms in total. The number of aliphatic imine (C=N–C) groups is 1. The lowest BCUT2D eigenvalue weighted by molar-refractivity contribution is -0.163. The maximum absolute atomic E-state index is 13.3. The molecule has 5 atom stereocenters. The van der Waals surface area contributed by atoms with Crippen molar-refractivity contribution in [3.05, 3.63) is 11.6 Å². The summed E-state index contributed by atoms with van der Waals surface area (Å²) in [4.78, 5) is 27.5. The zero-order valence-electron chi connectivity index (χ0n) is 18.2. The van der Waals surface area contributed by atoms with Crippen molar-refractivity contribution in [2.45, 2.75) is 65.9 Å². The number of hydrogen-bond donors (Lipinski definition) is 0. The summed E-state index contributed by atoms with van der Waals surface area (Å²) in [6.07, 6.45) is -0.759. The molecule has 11 heteroatoms. The van der Waals surface area contributed by atoms with Crippen molar-refractivity contribution in [1.82, 2.24) is 0 Å². The van der Waals surface area contributed by atoms with E-state index >= 15 is 0 Å². The van der Waals surface area contributed by atoms with Gasteiger partial charge in [0.2, 0.25) is 5.50 Å². The lowest BCUT2D eigenvalue weighted by Gasteiger charge is -2.38. The summed E-state index contributed by atoms with van der Waals surface area (Å²) in [5.74, 6) is -1.00. The average Bonchev–Trinajstić information content (AvgIpc) is 3.04. The Kier molecular flexibility index (Phi) is 8.46. The van der Waals surface area contributed by atoms with Gasteiger partial charge in [0, 0.05) is 32.8 Å². The molecule has 0 radical (unpaired) electrons. The standard InChI is InChI=1S/C19H30NO9P/c1-7-25-30(23,26-8-2)16-9-15-17(20-12(4)27-15)19(29-16)18(28-14(6)22)11(3)10-24-13(5)21/h9,11,15,17-19H,7-8,10H2,1-6H3/t11-,15-,17-,18-,19-/m1/s1. The van der Waals surface area contributed by atoms with Crippen molar-refractivity contribution in [3.63, 3.8) is 0 Å². The summed E-state index contributed by atoms with van der Waals surface area (Å²) < 4.78 is 46.5. The largest absolute Gasteiger partial charge is 0.476 e. The smallest absolute Gasteiger partial charge is 0.395 e. The number of hydrogen-bond acceptors (Lipinski definition) is 10. The van der Waals surface area contributed by atoms with Crippen LogP contribution in [0.4, 0.5) is 0 Å². The Morgan fingerprint density at radius 1 is 1.17 bits per heavy atom. The molecule has 0 saturated heterocycles. The predicted octanol–water partition coefficient (Wildman–Crippen LogP) is 2.81. The highest BCUT2D eigenvalue weighted by Gasteiger charge is 2.50. The number of nitrogens with zero attached hydrogens (tertiary/aromatic N) is 1. The van der Waals surface area contributed by atoms with Gasteiger partial charge in [0.1, 0.15) is 18.2 Å². The fraction of sp³-hybridized carbons (Fsp3) is 0.737. The Labute approximate surface area is 176 Å². The molecule has 0 aromatic carbocycles. The van der Waals surface area contributed by atoms with E-state index in [0.717, 1.165) is 0 Å². The first-order valence-corrected chi connectivity index (χ1v) is 11.4. The first kappa shape index (κ1) is 24.4. The first-order chi connectivity index (χ1) is 14.1. The molecule has 0 aliphatic carbocycles. The number of fused-ring (bicyclic) bond motifs is 1. The normalized spacial score (nSPS) is 25.1. The van der Waals surface area contributed by atoms with Gasteiger partial charge >= 0.3 is 19.5 Å². The van der Waals surface area contributed by atoms with Crippen LogP contribution < -0.4 is 0 Å². The Morgan fingerprint density at radius 3 is 2.33 bits per heavy atom. The number of rotatable bonds is 10. The molecule has 2 aliphatic heterocycles. The molecule has 2 aliphatic rings. The van der Waals surface area contributed by atoms with Gasteiger partial charge in [0.25, 0.3) is 0 Å². The summed E-state index contributed by atoms with van der Waals surface area (Å²) in [7, 11) is -3.75. The monoisotopic (exact) mass is 447 g/mol. The molecule has 0 unspecified atom stereocenters. The Bertz CT molecular complexity index is 740. The second-order valence-corrected chi connectivity index (χ2v) is 8.95. The molecule has 0 bridgehead atoms. The quantitative estimate of drug-likeness (QED) is 0.368. The number of carbonyl (C=O) groups is 2. The highest BCUT2D eigenvalue weighted by molar-refractivity contribution is 7.58. The molecule has 170 valence electrons. The second kappa shape index (κ2) is 10.4. The fourth-order valence-electron chi connectivity index (χ4n) is 3.33. The van der Waals surface area contributed by atoms with Gasteiger partial charge in [-0.15, -0.1) is 0 Å². The summed E-state index contributed by atoms with van der Waals surface area (Å²) in [6, 6.07) is -0.547. The van der Waals surface area contributed by atoms with Crippen LogP contribution in [0.1, 0.15) is 41.5 Å². The summed E-state index contributed by atoms with van der Waals surface area (Å²) >= 11 is 0. The van der Waals surface area contributed by atoms with E-state index in [1.165, 1.54) is 19.9 Å². The number of ether oxygens (including phenoxy) is 4. The lowest BCUT2D eigenvalue weighted by Crippen LogP contribution is -2.50. The first-order valence-electron chi connectivity index (χ1n) is 9.91. The van der Waals surface area contributed by atoms with Crippen LogP contribution in [0, 0.1) is 5.92 Å². The molecule has 2 rings (SSSR count). The fourth-order valence-corrected chi connectivity index (χ4v) is 4.92. The van der Waals surface area contributed by atoms with E-state index in [9.17, 15) is 14.2 Å². The van der Waals surface area contributed by atoms with Gasteiger partial charge in [-0.05, 0) is 13.8 Å². The maximum Gasteiger partial charge on any atom is 0.395 e. The van der Waals surface area contributed by atoms with Crippen LogP contribution >= 0.6 is 7.60 Å². The van der Waals surface area contributed by atoms with Crippen LogP contribution in [0.5, 0.6) is 0 Å². The van der Waals surface area contributed by atoms with Crippen molar-refractivity contribution in [2.75, 3.05) is 19.8 Å². The van der Waals surface area contributed by atoms with Crippen molar-refractivity contribution in [2.24, 2.45) is 10.9 Å². The van der Waals surface area contributed by atoms with Gasteiger partial charge in [-0.25, -0.2) is 4.99 Å². The molecule has 30 heavy (non-hydrogen) atoms. The van der Waals surface area contributed by atoms with Crippen LogP contribution in [0.3, 0.4) is 0 Å². The van der Waals surface area contributed by atoms with E-state index in [1.807, 2.05) is 0 Å². The third kappa shape index (κ3) is 5.83. The van der Waals surface area contributed by atoms with Gasteiger partial charge in [-0.2, -0.15) is 0 Å². The Morgan fingerprint density at radius 2 is 1.80 bits per heavy atom. The minimum Gasteiger partial charge on any atom is -0.476 e. The lowest BCUT2D eigenvalue weighted by atomic mass is 9.91. The Balaban J connectivity index is 2.41. The summed E-state index contributed by atoms with van der Waals surface area (Å²) in [5.41, 5.74) is -0.0146. The molecule has 0 saturated carbocycles. The third-order valence-electron chi connectivity index (χ3n) is 4.48. The molecule has 0 fully saturated rings. The molecule has 0 N–H and O–H groups in total. The topological polar surface area (TPSA) is 119 Å². The van der Waals surface area contributed by atoms with E-state index in [0.29, 0.717) is 5.90 Å². The number of carbonyl (C=O) groups excluding carboxylic acids is 2. The van der Waals surface area contributed by atoms with Gasteiger partial charge in [-0.1, -0.05) is 6.92 Å². The minimum atomic E-state index is -3.75. The minimum absolute atomic E-state index is 0.00170. The molecule has 0 aromatic rings. The van der Waals surface area contributed by atoms with Gasteiger partial charge in [0.05, 0.1) is 19.8 Å². The van der Waals surface area contributed by atoms with E-state index in [4.69, 9.17) is 28.0 Å². The Hall–Kier alpha value is -1.90. The predicted molar refractivity (Wildman–Crippen MR) is 107 cm³/mol. The van der Waals surface area contributed by atoms with Crippen LogP contribution in [0.25, 0.3) is 0 Å². The molecular formula is C19H30NO9P. The van der Waals surface area contributed by atoms with Crippen molar-refractivity contribution < 1.29 is 42.1 Å². The van der Waals surface area contributed by atoms with Crippen LogP contribution in [-0.2, 0) is 42.1 Å². The van der Waals surface area contributed by atoms with E-state index in [-0.39, 0.29) is 25.3 Å². The van der Waals surface area contributed by atoms with Gasteiger partial charge in [-0.3, -0.25) is 14.2 Å². The van der Waals surface area contributed by atoms with Gasteiger partial charge < -0.3 is 28.0 Å². The van der Waals surface area contributed by atoms with Crippen LogP contribution in [0.15, 0.2) is 16.6 Å². The van der Waals surface area contributed by atoms with Gasteiger partial charge in [0.15, 0.2) is 12.0 Å². The molecule has 2 heterocycles. The highest BCUT2D eigenvalue weighted by Crippen LogP contribution is 2.58. The van der Waals surface area contributed by atoms with E-state index in [1.54, 1.807) is 27.7 Å². The van der Waals surface area contributed by atoms with Crippen LogP contribution in [-0.4, -0.2) is 62.0 Å². The molecule has 0 aromatic heterocycles. The van der Waals surface area contributed by atoms with E-state index < -0.39 is 49.8 Å². The maximum atomic E-state index is 13.3. The van der Waals surface area contributed by atoms with E-state index in [2.05, 4.69) is 4.99 Å². The average molecular weight is 447 g/mol. The zero-order valence-corrected chi connectivity index (χ0v) is 19.0. The molecule has 0 spiro atoms. The SMILES string of the molecule is CCOP(=O)(OCC)C1=C[C@H]2OC(C)=N[C@H]2[C@H]([C@H](OC(C)=O)[C@H](C)COC(C)=O)O1. The highest BCUT2D eigenvalue weighted by atomic mass is 31.2. The summed E-state index contributed by atoms with van der Waals surface area (Å²) in [6.45, 7) is 9.68. The summed E-state index contributed by atoms with van der Waals surface area (Å²) in [5, 5.41) is 0. The zero-order chi connectivity index (χ0) is 22.5.